The SMILES string of the molecule is CCCCO[SiH2]S. The Morgan fingerprint density at radius 3 is 2.86 bits per heavy atom. The lowest BCUT2D eigenvalue weighted by Crippen LogP contribution is -1.92. The minimum Gasteiger partial charge on any atom is -0.413 e. The molecule has 44 valence electrons. The third-order valence-corrected chi connectivity index (χ3v) is 1.75. The Balaban J connectivity index is 2.45. The highest BCUT2D eigenvalue weighted by Gasteiger charge is 1.79. The van der Waals surface area contributed by atoms with E-state index in [0.717, 1.165) is 6.61 Å². The summed E-state index contributed by atoms with van der Waals surface area (Å²) >= 11 is 4.01. The lowest BCUT2D eigenvalue weighted by atomic mass is 10.4. The molecule has 0 aromatic heterocycles. The molecule has 0 radical (unpaired) electrons. The minimum atomic E-state index is -0.412. The van der Waals surface area contributed by atoms with Gasteiger partial charge in [0.05, 0.1) is 0 Å². The molecule has 0 amide bonds. The Bertz CT molecular complexity index is 30.9. The molecule has 3 heteroatoms. The van der Waals surface area contributed by atoms with E-state index in [9.17, 15) is 0 Å². The van der Waals surface area contributed by atoms with E-state index in [-0.39, 0.29) is 0 Å². The van der Waals surface area contributed by atoms with Crippen molar-refractivity contribution in [2.24, 2.45) is 0 Å². The zero-order valence-corrected chi connectivity index (χ0v) is 6.99. The van der Waals surface area contributed by atoms with E-state index < -0.39 is 8.91 Å². The van der Waals surface area contributed by atoms with E-state index in [1.807, 2.05) is 0 Å². The second kappa shape index (κ2) is 6.53. The summed E-state index contributed by atoms with van der Waals surface area (Å²) in [6, 6.07) is 0. The van der Waals surface area contributed by atoms with Crippen LogP contribution in [0.4, 0.5) is 0 Å². The average molecular weight is 136 g/mol. The van der Waals surface area contributed by atoms with Crippen molar-refractivity contribution in [3.63, 3.8) is 0 Å². The van der Waals surface area contributed by atoms with E-state index in [2.05, 4.69) is 19.0 Å². The number of hydrogen-bond acceptors (Lipinski definition) is 2. The van der Waals surface area contributed by atoms with Crippen LogP contribution in [0.1, 0.15) is 19.8 Å². The monoisotopic (exact) mass is 136 g/mol. The highest BCUT2D eigenvalue weighted by atomic mass is 32.3. The largest absolute Gasteiger partial charge is 0.413 e. The third kappa shape index (κ3) is 6.53. The van der Waals surface area contributed by atoms with Crippen LogP contribution in [-0.2, 0) is 4.43 Å². The summed E-state index contributed by atoms with van der Waals surface area (Å²) in [5, 5.41) is 0. The predicted molar refractivity (Wildman–Crippen MR) is 38.4 cm³/mol. The van der Waals surface area contributed by atoms with Gasteiger partial charge in [-0.2, -0.15) is 12.1 Å². The Hall–Kier alpha value is 0.527. The minimum absolute atomic E-state index is 0.412. The molecule has 0 aliphatic heterocycles. The molecule has 0 aliphatic rings. The molecule has 0 aliphatic carbocycles. The lowest BCUT2D eigenvalue weighted by Gasteiger charge is -1.94. The van der Waals surface area contributed by atoms with Crippen LogP contribution in [0, 0.1) is 0 Å². The number of unbranched alkanes of at least 4 members (excludes halogenated alkanes) is 1. The molecule has 0 spiro atoms. The molecule has 0 saturated carbocycles. The van der Waals surface area contributed by atoms with Crippen LogP contribution >= 0.6 is 12.1 Å². The Labute approximate surface area is 52.4 Å². The van der Waals surface area contributed by atoms with Crippen molar-refractivity contribution < 1.29 is 4.43 Å². The molecule has 0 rings (SSSR count). The van der Waals surface area contributed by atoms with E-state index in [1.165, 1.54) is 12.8 Å². The highest BCUT2D eigenvalue weighted by Crippen LogP contribution is 1.86. The van der Waals surface area contributed by atoms with Gasteiger partial charge in [0, 0.05) is 6.61 Å². The second-order valence-electron chi connectivity index (χ2n) is 1.39. The smallest absolute Gasteiger partial charge is 0.219 e. The number of rotatable bonds is 4. The average Bonchev–Trinajstić information content (AvgIpc) is 1.69. The fraction of sp³-hybridized carbons (Fsp3) is 1.00. The third-order valence-electron chi connectivity index (χ3n) is 0.734. The first-order valence-electron chi connectivity index (χ1n) is 2.60. The van der Waals surface area contributed by atoms with Gasteiger partial charge in [0.2, 0.25) is 8.91 Å². The van der Waals surface area contributed by atoms with Crippen molar-refractivity contribution in [3.05, 3.63) is 0 Å². The van der Waals surface area contributed by atoms with E-state index in [1.54, 1.807) is 0 Å². The summed E-state index contributed by atoms with van der Waals surface area (Å²) in [6.45, 7) is 3.08. The maximum Gasteiger partial charge on any atom is 0.219 e. The summed E-state index contributed by atoms with van der Waals surface area (Å²) in [7, 11) is -0.412. The van der Waals surface area contributed by atoms with Crippen LogP contribution in [0.25, 0.3) is 0 Å². The van der Waals surface area contributed by atoms with Gasteiger partial charge in [-0.15, -0.1) is 0 Å². The Kier molecular flexibility index (Phi) is 7.02. The van der Waals surface area contributed by atoms with E-state index in [0.29, 0.717) is 0 Å². The Morgan fingerprint density at radius 1 is 1.71 bits per heavy atom. The van der Waals surface area contributed by atoms with Crippen LogP contribution in [0.15, 0.2) is 0 Å². The van der Waals surface area contributed by atoms with Gasteiger partial charge in [0.1, 0.15) is 0 Å². The van der Waals surface area contributed by atoms with Crippen molar-refractivity contribution in [2.45, 2.75) is 19.8 Å². The summed E-state index contributed by atoms with van der Waals surface area (Å²) in [4.78, 5) is 0. The molecular formula is C4H12OSSi. The zero-order valence-electron chi connectivity index (χ0n) is 4.68. The molecule has 0 atom stereocenters. The molecule has 0 aromatic carbocycles. The fourth-order valence-corrected chi connectivity index (χ4v) is 1.03. The zero-order chi connectivity index (χ0) is 5.54. The van der Waals surface area contributed by atoms with Gasteiger partial charge >= 0.3 is 0 Å². The van der Waals surface area contributed by atoms with Gasteiger partial charge in [0.25, 0.3) is 0 Å². The second-order valence-corrected chi connectivity index (χ2v) is 2.83. The van der Waals surface area contributed by atoms with Gasteiger partial charge in [0.15, 0.2) is 0 Å². The predicted octanol–water partition coefficient (Wildman–Crippen LogP) is 0.732. The van der Waals surface area contributed by atoms with Crippen molar-refractivity contribution in [1.82, 2.24) is 0 Å². The maximum atomic E-state index is 5.08. The number of hydrogen-bond donors (Lipinski definition) is 1. The highest BCUT2D eigenvalue weighted by molar-refractivity contribution is 8.06. The van der Waals surface area contributed by atoms with Gasteiger partial charge in [-0.05, 0) is 6.42 Å². The van der Waals surface area contributed by atoms with Crippen molar-refractivity contribution in [3.8, 4) is 0 Å². The molecule has 0 heterocycles. The molecule has 0 N–H and O–H groups in total. The van der Waals surface area contributed by atoms with Gasteiger partial charge in [-0.25, -0.2) is 0 Å². The molecule has 0 fully saturated rings. The topological polar surface area (TPSA) is 9.23 Å². The molecule has 0 unspecified atom stereocenters. The normalized spacial score (nSPS) is 11.1. The van der Waals surface area contributed by atoms with Crippen molar-refractivity contribution >= 4 is 21.0 Å². The van der Waals surface area contributed by atoms with Crippen LogP contribution in [-0.4, -0.2) is 15.5 Å². The lowest BCUT2D eigenvalue weighted by molar-refractivity contribution is 0.336. The van der Waals surface area contributed by atoms with Crippen LogP contribution < -0.4 is 0 Å². The van der Waals surface area contributed by atoms with Gasteiger partial charge in [-0.3, -0.25) is 0 Å². The Morgan fingerprint density at radius 2 is 2.43 bits per heavy atom. The maximum absolute atomic E-state index is 5.08. The first kappa shape index (κ1) is 7.53. The van der Waals surface area contributed by atoms with Crippen molar-refractivity contribution in [2.75, 3.05) is 6.61 Å². The summed E-state index contributed by atoms with van der Waals surface area (Å²) in [5.74, 6) is 0. The molecule has 0 bridgehead atoms. The molecular weight excluding hydrogens is 124 g/mol. The van der Waals surface area contributed by atoms with Crippen LogP contribution in [0.3, 0.4) is 0 Å². The standard InChI is InChI=1S/C4H12OSSi/c1-2-3-4-5-7-6/h6H,2-4,7H2,1H3. The van der Waals surface area contributed by atoms with E-state index in [4.69, 9.17) is 4.43 Å². The van der Waals surface area contributed by atoms with Crippen LogP contribution in [0.5, 0.6) is 0 Å². The van der Waals surface area contributed by atoms with Gasteiger partial charge < -0.3 is 4.43 Å². The molecule has 0 aromatic rings. The quantitative estimate of drug-likeness (QED) is 0.340. The fourth-order valence-electron chi connectivity index (χ4n) is 0.311. The van der Waals surface area contributed by atoms with Gasteiger partial charge in [-0.1, -0.05) is 13.3 Å². The summed E-state index contributed by atoms with van der Waals surface area (Å²) in [5.41, 5.74) is 0. The van der Waals surface area contributed by atoms with E-state index >= 15 is 0 Å². The summed E-state index contributed by atoms with van der Waals surface area (Å²) < 4.78 is 5.08. The first-order chi connectivity index (χ1) is 3.41. The summed E-state index contributed by atoms with van der Waals surface area (Å²) in [6.07, 6.45) is 2.41. The molecule has 7 heavy (non-hydrogen) atoms. The van der Waals surface area contributed by atoms with Crippen LogP contribution in [0.2, 0.25) is 0 Å². The number of thiol groups is 1. The van der Waals surface area contributed by atoms with Crippen molar-refractivity contribution in [1.29, 1.82) is 0 Å². The molecule has 0 saturated heterocycles. The first-order valence-corrected chi connectivity index (χ1v) is 5.71. The molecule has 1 nitrogen and oxygen atoms in total.